The highest BCUT2D eigenvalue weighted by Gasteiger charge is 2.11. The Morgan fingerprint density at radius 3 is 2.68 bits per heavy atom. The molecule has 3 rings (SSSR count). The Labute approximate surface area is 143 Å². The monoisotopic (exact) mass is 339 g/mol. The molecule has 0 aliphatic carbocycles. The minimum absolute atomic E-state index is 0.00375. The number of hydrogen-bond donors (Lipinski definition) is 3. The molecule has 0 saturated carbocycles. The molecular weight excluding hydrogens is 322 g/mol. The van der Waals surface area contributed by atoms with Crippen molar-refractivity contribution in [2.24, 2.45) is 0 Å². The van der Waals surface area contributed by atoms with Crippen LogP contribution in [0, 0.1) is 0 Å². The van der Waals surface area contributed by atoms with Crippen molar-refractivity contribution < 1.29 is 14.6 Å². The molecule has 25 heavy (non-hydrogen) atoms. The zero-order valence-electron chi connectivity index (χ0n) is 13.8. The van der Waals surface area contributed by atoms with Gasteiger partial charge < -0.3 is 9.84 Å². The Morgan fingerprint density at radius 1 is 1.20 bits per heavy atom. The number of fused-ring (bicyclic) bond motifs is 1. The van der Waals surface area contributed by atoms with Gasteiger partial charge in [-0.15, -0.1) is 15.0 Å². The van der Waals surface area contributed by atoms with E-state index in [-0.39, 0.29) is 11.7 Å². The summed E-state index contributed by atoms with van der Waals surface area (Å²) in [4.78, 5) is 12.9. The van der Waals surface area contributed by atoms with Crippen molar-refractivity contribution in [3.8, 4) is 17.2 Å². The largest absolute Gasteiger partial charge is 0.506 e. The number of nitrogens with one attached hydrogen (secondary N) is 2. The minimum atomic E-state index is -0.329. The summed E-state index contributed by atoms with van der Waals surface area (Å²) in [5, 5.41) is 18.8. The molecule has 8 heteroatoms. The molecule has 0 unspecified atom stereocenters. The number of rotatable bonds is 5. The first-order chi connectivity index (χ1) is 12.0. The summed E-state index contributed by atoms with van der Waals surface area (Å²) in [7, 11) is 1.58. The zero-order valence-corrected chi connectivity index (χ0v) is 13.8. The maximum atomic E-state index is 11.6. The average Bonchev–Trinajstić information content (AvgIpc) is 3.03. The summed E-state index contributed by atoms with van der Waals surface area (Å²) in [5.74, 6) is 0.343. The van der Waals surface area contributed by atoms with Gasteiger partial charge in [-0.05, 0) is 37.3 Å². The molecule has 1 amide bonds. The average molecular weight is 339 g/mol. The zero-order chi connectivity index (χ0) is 18.0. The lowest BCUT2D eigenvalue weighted by molar-refractivity contribution is -0.116. The van der Waals surface area contributed by atoms with Crippen LogP contribution in [0.2, 0.25) is 0 Å². The molecule has 0 atom stereocenters. The molecule has 2 aromatic carbocycles. The number of nitrogens with zero attached hydrogens (tertiary/aromatic N) is 3. The van der Waals surface area contributed by atoms with E-state index in [1.807, 2.05) is 0 Å². The summed E-state index contributed by atoms with van der Waals surface area (Å²) >= 11 is 0. The molecule has 3 N–H and O–H groups in total. The summed E-state index contributed by atoms with van der Waals surface area (Å²) in [6.45, 7) is 5.16. The maximum absolute atomic E-state index is 11.6. The van der Waals surface area contributed by atoms with E-state index >= 15 is 0 Å². The van der Waals surface area contributed by atoms with Gasteiger partial charge in [-0.3, -0.25) is 15.6 Å². The van der Waals surface area contributed by atoms with Crippen molar-refractivity contribution in [2.45, 2.75) is 6.92 Å². The SMILES string of the molecule is C=C(C)C(=O)NNc1ccc(O)c(-n2nc3ccc(OC)cc3n2)c1. The van der Waals surface area contributed by atoms with E-state index in [0.29, 0.717) is 33.7 Å². The number of anilines is 1. The Kier molecular flexibility index (Phi) is 4.25. The fraction of sp³-hybridized carbons (Fsp3) is 0.118. The summed E-state index contributed by atoms with van der Waals surface area (Å²) in [6.07, 6.45) is 0. The van der Waals surface area contributed by atoms with E-state index < -0.39 is 0 Å². The van der Waals surface area contributed by atoms with Crippen molar-refractivity contribution in [1.29, 1.82) is 0 Å². The molecule has 1 heterocycles. The normalized spacial score (nSPS) is 10.5. The smallest absolute Gasteiger partial charge is 0.264 e. The number of phenolic OH excluding ortho intramolecular Hbond substituents is 1. The van der Waals surface area contributed by atoms with E-state index in [4.69, 9.17) is 4.74 Å². The second kappa shape index (κ2) is 6.52. The first kappa shape index (κ1) is 16.3. The van der Waals surface area contributed by atoms with Crippen LogP contribution in [0.4, 0.5) is 5.69 Å². The number of carbonyl (C=O) groups is 1. The van der Waals surface area contributed by atoms with E-state index in [0.717, 1.165) is 0 Å². The number of hydrogen-bond acceptors (Lipinski definition) is 6. The van der Waals surface area contributed by atoms with Gasteiger partial charge in [0.05, 0.1) is 12.8 Å². The number of ether oxygens (including phenoxy) is 1. The minimum Gasteiger partial charge on any atom is -0.506 e. The molecule has 3 aromatic rings. The van der Waals surface area contributed by atoms with Crippen LogP contribution in [-0.4, -0.2) is 33.1 Å². The van der Waals surface area contributed by atoms with E-state index in [1.165, 1.54) is 10.9 Å². The van der Waals surface area contributed by atoms with E-state index in [2.05, 4.69) is 27.6 Å². The van der Waals surface area contributed by atoms with Crippen LogP contribution in [0.15, 0.2) is 48.6 Å². The third-order valence-electron chi connectivity index (χ3n) is 3.49. The van der Waals surface area contributed by atoms with Gasteiger partial charge in [-0.1, -0.05) is 6.58 Å². The summed E-state index contributed by atoms with van der Waals surface area (Å²) < 4.78 is 5.17. The summed E-state index contributed by atoms with van der Waals surface area (Å²) in [5.41, 5.74) is 7.85. The highest BCUT2D eigenvalue weighted by Crippen LogP contribution is 2.26. The predicted octanol–water partition coefficient (Wildman–Crippen LogP) is 2.15. The highest BCUT2D eigenvalue weighted by atomic mass is 16.5. The number of hydrazine groups is 1. The third kappa shape index (κ3) is 3.37. The van der Waals surface area contributed by atoms with Crippen LogP contribution in [0.3, 0.4) is 0 Å². The van der Waals surface area contributed by atoms with E-state index in [1.54, 1.807) is 44.4 Å². The molecular formula is C17H17N5O3. The van der Waals surface area contributed by atoms with Gasteiger partial charge in [0, 0.05) is 11.6 Å². The van der Waals surface area contributed by atoms with Gasteiger partial charge in [-0.2, -0.15) is 0 Å². The Hall–Kier alpha value is -3.55. The fourth-order valence-electron chi connectivity index (χ4n) is 2.13. The second-order valence-corrected chi connectivity index (χ2v) is 5.41. The molecule has 128 valence electrons. The third-order valence-corrected chi connectivity index (χ3v) is 3.49. The van der Waals surface area contributed by atoms with Crippen LogP contribution in [-0.2, 0) is 4.79 Å². The van der Waals surface area contributed by atoms with Gasteiger partial charge in [-0.25, -0.2) is 0 Å². The topological polar surface area (TPSA) is 101 Å². The van der Waals surface area contributed by atoms with Crippen LogP contribution in [0.25, 0.3) is 16.7 Å². The molecule has 0 spiro atoms. The van der Waals surface area contributed by atoms with Crippen molar-refractivity contribution in [3.05, 3.63) is 48.6 Å². The number of benzene rings is 2. The fourth-order valence-corrected chi connectivity index (χ4v) is 2.13. The lowest BCUT2D eigenvalue weighted by Crippen LogP contribution is -2.29. The first-order valence-electron chi connectivity index (χ1n) is 7.44. The molecule has 0 aliphatic heterocycles. The van der Waals surface area contributed by atoms with Gasteiger partial charge in [0.25, 0.3) is 5.91 Å². The lowest BCUT2D eigenvalue weighted by atomic mass is 10.2. The quantitative estimate of drug-likeness (QED) is 0.374. The van der Waals surface area contributed by atoms with E-state index in [9.17, 15) is 9.90 Å². The van der Waals surface area contributed by atoms with Crippen LogP contribution in [0.1, 0.15) is 6.92 Å². The van der Waals surface area contributed by atoms with Gasteiger partial charge >= 0.3 is 0 Å². The molecule has 0 radical (unpaired) electrons. The molecule has 0 aliphatic rings. The molecule has 0 saturated heterocycles. The second-order valence-electron chi connectivity index (χ2n) is 5.41. The lowest BCUT2D eigenvalue weighted by Gasteiger charge is -2.10. The number of phenols is 1. The first-order valence-corrected chi connectivity index (χ1v) is 7.44. The van der Waals surface area contributed by atoms with Crippen molar-refractivity contribution >= 4 is 22.6 Å². The standard InChI is InChI=1S/C17H17N5O3/c1-10(2)17(24)19-18-11-4-7-16(23)15(8-11)22-20-13-6-5-12(25-3)9-14(13)21-22/h4-9,18,23H,1H2,2-3H3,(H,19,24). The van der Waals surface area contributed by atoms with Gasteiger partial charge in [0.15, 0.2) is 0 Å². The molecule has 0 bridgehead atoms. The van der Waals surface area contributed by atoms with Crippen LogP contribution < -0.4 is 15.6 Å². The van der Waals surface area contributed by atoms with Crippen molar-refractivity contribution in [1.82, 2.24) is 20.4 Å². The number of aromatic nitrogens is 3. The van der Waals surface area contributed by atoms with Gasteiger partial charge in [0.2, 0.25) is 0 Å². The maximum Gasteiger partial charge on any atom is 0.264 e. The van der Waals surface area contributed by atoms with Gasteiger partial charge in [0.1, 0.15) is 28.2 Å². The predicted molar refractivity (Wildman–Crippen MR) is 93.7 cm³/mol. The van der Waals surface area contributed by atoms with Crippen molar-refractivity contribution in [3.63, 3.8) is 0 Å². The Morgan fingerprint density at radius 2 is 1.96 bits per heavy atom. The van der Waals surface area contributed by atoms with Crippen LogP contribution in [0.5, 0.6) is 11.5 Å². The number of carbonyl (C=O) groups excluding carboxylic acids is 1. The highest BCUT2D eigenvalue weighted by molar-refractivity contribution is 5.92. The molecule has 8 nitrogen and oxygen atoms in total. The molecule has 1 aromatic heterocycles. The Bertz CT molecular complexity index is 964. The summed E-state index contributed by atoms with van der Waals surface area (Å²) in [6, 6.07) is 10.0. The van der Waals surface area contributed by atoms with Crippen molar-refractivity contribution in [2.75, 3.05) is 12.5 Å². The number of amides is 1. The number of aromatic hydroxyl groups is 1. The van der Waals surface area contributed by atoms with Crippen LogP contribution >= 0.6 is 0 Å². The Balaban J connectivity index is 1.92. The molecule has 0 fully saturated rings. The number of methoxy groups -OCH3 is 1.